The molecule has 0 radical (unpaired) electrons. The number of aliphatic imine (C=N–C) groups is 1. The first-order valence-corrected chi connectivity index (χ1v) is 10.5. The lowest BCUT2D eigenvalue weighted by molar-refractivity contribution is -0.130. The largest absolute Gasteiger partial charge is 0.368 e. The van der Waals surface area contributed by atoms with Crippen LogP contribution in [0.3, 0.4) is 0 Å². The highest BCUT2D eigenvalue weighted by Gasteiger charge is 2.23. The number of amides is 1. The molecule has 2 fully saturated rings. The van der Waals surface area contributed by atoms with Crippen LogP contribution in [0.5, 0.6) is 0 Å². The predicted octanol–water partition coefficient (Wildman–Crippen LogP) is 1.60. The number of rotatable bonds is 6. The minimum Gasteiger partial charge on any atom is -0.368 e. The van der Waals surface area contributed by atoms with Crippen LogP contribution >= 0.6 is 24.0 Å². The molecule has 2 N–H and O–H groups in total. The molecule has 1 unspecified atom stereocenters. The average Bonchev–Trinajstić information content (AvgIpc) is 3.22. The van der Waals surface area contributed by atoms with Gasteiger partial charge in [-0.05, 0) is 38.1 Å². The van der Waals surface area contributed by atoms with Crippen LogP contribution in [0, 0.1) is 0 Å². The first-order chi connectivity index (χ1) is 13.7. The van der Waals surface area contributed by atoms with Crippen LogP contribution in [-0.2, 0) is 4.79 Å². The lowest BCUT2D eigenvalue weighted by Crippen LogP contribution is -2.52. The molecule has 0 aromatic heterocycles. The first kappa shape index (κ1) is 23.7. The zero-order chi connectivity index (χ0) is 19.8. The fraction of sp³-hybridized carbons (Fsp3) is 0.619. The van der Waals surface area contributed by atoms with E-state index in [-0.39, 0.29) is 36.4 Å². The Morgan fingerprint density at radius 3 is 2.48 bits per heavy atom. The van der Waals surface area contributed by atoms with Crippen molar-refractivity contribution in [3.8, 4) is 0 Å². The minimum atomic E-state index is 0. The van der Waals surface area contributed by atoms with E-state index in [0.717, 1.165) is 39.3 Å². The number of likely N-dealkylation sites (N-methyl/N-ethyl adjacent to an activating group) is 1. The fourth-order valence-corrected chi connectivity index (χ4v) is 4.10. The van der Waals surface area contributed by atoms with Gasteiger partial charge < -0.3 is 20.4 Å². The number of para-hydroxylation sites is 1. The summed E-state index contributed by atoms with van der Waals surface area (Å²) in [5, 5.41) is 6.56. The number of carbonyl (C=O) groups is 1. The maximum absolute atomic E-state index is 12.6. The monoisotopic (exact) mass is 514 g/mol. The number of likely N-dealkylation sites (tertiary alicyclic amines) is 1. The van der Waals surface area contributed by atoms with E-state index >= 15 is 0 Å². The van der Waals surface area contributed by atoms with E-state index in [0.29, 0.717) is 12.0 Å². The molecule has 0 saturated carbocycles. The second kappa shape index (κ2) is 12.2. The van der Waals surface area contributed by atoms with Crippen molar-refractivity contribution in [1.29, 1.82) is 0 Å². The van der Waals surface area contributed by atoms with E-state index < -0.39 is 0 Å². The third-order valence-corrected chi connectivity index (χ3v) is 5.79. The fourth-order valence-electron chi connectivity index (χ4n) is 4.10. The quantitative estimate of drug-likeness (QED) is 0.343. The van der Waals surface area contributed by atoms with Crippen LogP contribution in [0.15, 0.2) is 35.3 Å². The molecule has 162 valence electrons. The van der Waals surface area contributed by atoms with Crippen molar-refractivity contribution in [3.63, 3.8) is 0 Å². The van der Waals surface area contributed by atoms with Gasteiger partial charge >= 0.3 is 0 Å². The van der Waals surface area contributed by atoms with Gasteiger partial charge in [-0.3, -0.25) is 14.7 Å². The molecule has 2 heterocycles. The van der Waals surface area contributed by atoms with Gasteiger partial charge in [0.25, 0.3) is 0 Å². The average molecular weight is 514 g/mol. The second-order valence-corrected chi connectivity index (χ2v) is 7.43. The number of hydrogen-bond donors (Lipinski definition) is 2. The van der Waals surface area contributed by atoms with Gasteiger partial charge in [0.15, 0.2) is 5.96 Å². The summed E-state index contributed by atoms with van der Waals surface area (Å²) in [7, 11) is 1.75. The SMILES string of the molecule is CCN1CCCC1CNC(=NC)NCC(=O)N1CCN(c2ccccc2)CC1.I. The van der Waals surface area contributed by atoms with Gasteiger partial charge in [0.1, 0.15) is 0 Å². The van der Waals surface area contributed by atoms with Crippen LogP contribution in [-0.4, -0.2) is 87.1 Å². The number of anilines is 1. The number of benzene rings is 1. The van der Waals surface area contributed by atoms with Crippen LogP contribution in [0.2, 0.25) is 0 Å². The number of nitrogens with one attached hydrogen (secondary N) is 2. The number of guanidine groups is 1. The van der Waals surface area contributed by atoms with Gasteiger partial charge in [-0.1, -0.05) is 25.1 Å². The zero-order valence-electron chi connectivity index (χ0n) is 17.6. The third kappa shape index (κ3) is 6.74. The van der Waals surface area contributed by atoms with E-state index in [1.807, 2.05) is 11.0 Å². The summed E-state index contributed by atoms with van der Waals surface area (Å²) in [6.07, 6.45) is 2.49. The van der Waals surface area contributed by atoms with Crippen molar-refractivity contribution in [1.82, 2.24) is 20.4 Å². The maximum atomic E-state index is 12.6. The molecule has 0 spiro atoms. The van der Waals surface area contributed by atoms with Gasteiger partial charge in [-0.2, -0.15) is 0 Å². The highest BCUT2D eigenvalue weighted by molar-refractivity contribution is 14.0. The normalized spacial score (nSPS) is 20.3. The van der Waals surface area contributed by atoms with Crippen LogP contribution in [0.4, 0.5) is 5.69 Å². The number of halogens is 1. The van der Waals surface area contributed by atoms with Crippen molar-refractivity contribution >= 4 is 41.5 Å². The van der Waals surface area contributed by atoms with Crippen molar-refractivity contribution < 1.29 is 4.79 Å². The van der Waals surface area contributed by atoms with E-state index in [1.54, 1.807) is 7.05 Å². The summed E-state index contributed by atoms with van der Waals surface area (Å²) in [6.45, 7) is 8.90. The number of hydrogen-bond acceptors (Lipinski definition) is 4. The molecular formula is C21H35IN6O. The molecule has 7 nitrogen and oxygen atoms in total. The number of nitrogens with zero attached hydrogens (tertiary/aromatic N) is 4. The van der Waals surface area contributed by atoms with E-state index in [9.17, 15) is 4.79 Å². The van der Waals surface area contributed by atoms with Crippen molar-refractivity contribution in [2.75, 3.05) is 64.3 Å². The van der Waals surface area contributed by atoms with Gasteiger partial charge in [0, 0.05) is 51.5 Å². The summed E-state index contributed by atoms with van der Waals surface area (Å²) in [5.74, 6) is 0.839. The Hall–Kier alpha value is -1.55. The van der Waals surface area contributed by atoms with Crippen molar-refractivity contribution in [2.45, 2.75) is 25.8 Å². The number of carbonyl (C=O) groups excluding carboxylic acids is 1. The predicted molar refractivity (Wildman–Crippen MR) is 130 cm³/mol. The Labute approximate surface area is 191 Å². The highest BCUT2D eigenvalue weighted by Crippen LogP contribution is 2.16. The lowest BCUT2D eigenvalue weighted by atomic mass is 10.2. The number of piperazine rings is 1. The molecule has 1 aromatic carbocycles. The van der Waals surface area contributed by atoms with E-state index in [1.165, 1.54) is 25.1 Å². The molecule has 8 heteroatoms. The molecule has 1 amide bonds. The molecule has 1 atom stereocenters. The molecule has 2 aliphatic heterocycles. The zero-order valence-corrected chi connectivity index (χ0v) is 20.0. The summed E-state index contributed by atoms with van der Waals surface area (Å²) in [6, 6.07) is 11.0. The topological polar surface area (TPSA) is 63.2 Å². The van der Waals surface area contributed by atoms with Crippen LogP contribution in [0.25, 0.3) is 0 Å². The van der Waals surface area contributed by atoms with Gasteiger partial charge in [-0.15, -0.1) is 24.0 Å². The minimum absolute atomic E-state index is 0. The molecule has 2 saturated heterocycles. The Balaban J connectivity index is 0.00000300. The molecule has 3 rings (SSSR count). The lowest BCUT2D eigenvalue weighted by Gasteiger charge is -2.36. The summed E-state index contributed by atoms with van der Waals surface area (Å²) < 4.78 is 0. The van der Waals surface area contributed by atoms with Crippen molar-refractivity contribution in [2.24, 2.45) is 4.99 Å². The highest BCUT2D eigenvalue weighted by atomic mass is 127. The molecule has 29 heavy (non-hydrogen) atoms. The third-order valence-electron chi connectivity index (χ3n) is 5.79. The summed E-state index contributed by atoms with van der Waals surface area (Å²) >= 11 is 0. The van der Waals surface area contributed by atoms with Gasteiger partial charge in [0.2, 0.25) is 5.91 Å². The molecule has 1 aromatic rings. The van der Waals surface area contributed by atoms with Crippen molar-refractivity contribution in [3.05, 3.63) is 30.3 Å². The van der Waals surface area contributed by atoms with Gasteiger partial charge in [-0.25, -0.2) is 0 Å². The second-order valence-electron chi connectivity index (χ2n) is 7.43. The van der Waals surface area contributed by atoms with E-state index in [2.05, 4.69) is 56.6 Å². The van der Waals surface area contributed by atoms with Crippen LogP contribution in [0.1, 0.15) is 19.8 Å². The maximum Gasteiger partial charge on any atom is 0.242 e. The Morgan fingerprint density at radius 2 is 1.83 bits per heavy atom. The van der Waals surface area contributed by atoms with Crippen LogP contribution < -0.4 is 15.5 Å². The molecular weight excluding hydrogens is 479 g/mol. The molecule has 0 aliphatic carbocycles. The van der Waals surface area contributed by atoms with Gasteiger partial charge in [0.05, 0.1) is 6.54 Å². The Morgan fingerprint density at radius 1 is 1.10 bits per heavy atom. The Kier molecular flexibility index (Phi) is 9.99. The first-order valence-electron chi connectivity index (χ1n) is 10.5. The summed E-state index contributed by atoms with van der Waals surface area (Å²) in [4.78, 5) is 23.6. The summed E-state index contributed by atoms with van der Waals surface area (Å²) in [5.41, 5.74) is 1.23. The van der Waals surface area contributed by atoms with E-state index in [4.69, 9.17) is 0 Å². The molecule has 2 aliphatic rings. The standard InChI is InChI=1S/C21H34N6O.HI/c1-3-25-11-7-10-19(25)16-23-21(22-2)24-17-20(28)27-14-12-26(13-15-27)18-8-5-4-6-9-18;/h4-6,8-9,19H,3,7,10-17H2,1-2H3,(H2,22,23,24);1H. The molecule has 0 bridgehead atoms. The smallest absolute Gasteiger partial charge is 0.242 e. The Bertz CT molecular complexity index is 648.